The maximum absolute atomic E-state index is 5.62. The second-order valence-corrected chi connectivity index (χ2v) is 4.33. The number of hydrogen-bond acceptors (Lipinski definition) is 3. The number of H-pyrrole nitrogens is 1. The summed E-state index contributed by atoms with van der Waals surface area (Å²) < 4.78 is 0. The minimum Gasteiger partial charge on any atom is -0.367 e. The first-order valence-corrected chi connectivity index (χ1v) is 6.12. The van der Waals surface area contributed by atoms with Crippen LogP contribution < -0.4 is 5.73 Å². The fourth-order valence-corrected chi connectivity index (χ4v) is 2.22. The molecule has 4 heteroatoms. The lowest BCUT2D eigenvalue weighted by Gasteiger charge is -2.15. The van der Waals surface area contributed by atoms with E-state index in [0.29, 0.717) is 0 Å². The van der Waals surface area contributed by atoms with E-state index < -0.39 is 0 Å². The summed E-state index contributed by atoms with van der Waals surface area (Å²) in [6, 6.07) is 20.4. The molecule has 0 bridgehead atoms. The Morgan fingerprint density at radius 1 is 0.842 bits per heavy atom. The Morgan fingerprint density at radius 3 is 1.79 bits per heavy atom. The van der Waals surface area contributed by atoms with E-state index in [2.05, 4.69) is 39.4 Å². The molecule has 0 spiro atoms. The summed E-state index contributed by atoms with van der Waals surface area (Å²) in [5.41, 5.74) is 7.93. The van der Waals surface area contributed by atoms with Gasteiger partial charge in [0.05, 0.1) is 5.92 Å². The molecule has 2 aromatic carbocycles. The molecule has 0 radical (unpaired) electrons. The lowest BCUT2D eigenvalue weighted by molar-refractivity contribution is 0.862. The molecule has 3 N–H and O–H groups in total. The van der Waals surface area contributed by atoms with Crippen molar-refractivity contribution in [2.24, 2.45) is 0 Å². The molecule has 19 heavy (non-hydrogen) atoms. The van der Waals surface area contributed by atoms with Crippen molar-refractivity contribution < 1.29 is 0 Å². The molecule has 0 atom stereocenters. The Bertz CT molecular complexity index is 607. The predicted octanol–water partition coefficient (Wildman–Crippen LogP) is 2.57. The standard InChI is InChI=1S/C15H14N4/c16-15-17-14(18-19-15)13(11-7-3-1-4-8-11)12-9-5-2-6-10-12/h1-10,13H,(H3,16,17,18,19). The second kappa shape index (κ2) is 4.94. The molecule has 4 nitrogen and oxygen atoms in total. The quantitative estimate of drug-likeness (QED) is 0.750. The van der Waals surface area contributed by atoms with Gasteiger partial charge in [-0.1, -0.05) is 60.7 Å². The number of rotatable bonds is 3. The Morgan fingerprint density at radius 2 is 1.37 bits per heavy atom. The van der Waals surface area contributed by atoms with Crippen molar-refractivity contribution in [3.63, 3.8) is 0 Å². The van der Waals surface area contributed by atoms with Crippen molar-refractivity contribution in [1.29, 1.82) is 0 Å². The van der Waals surface area contributed by atoms with Gasteiger partial charge in [0.2, 0.25) is 5.95 Å². The fourth-order valence-electron chi connectivity index (χ4n) is 2.22. The summed E-state index contributed by atoms with van der Waals surface area (Å²) in [5.74, 6) is 1.05. The molecule has 1 aromatic heterocycles. The molecule has 1 heterocycles. The molecule has 0 saturated heterocycles. The predicted molar refractivity (Wildman–Crippen MR) is 74.6 cm³/mol. The average Bonchev–Trinajstić information content (AvgIpc) is 2.88. The van der Waals surface area contributed by atoms with Crippen LogP contribution in [0, 0.1) is 0 Å². The molecule has 0 saturated carbocycles. The van der Waals surface area contributed by atoms with E-state index in [9.17, 15) is 0 Å². The van der Waals surface area contributed by atoms with Gasteiger partial charge in [-0.2, -0.15) is 4.98 Å². The maximum Gasteiger partial charge on any atom is 0.239 e. The topological polar surface area (TPSA) is 67.6 Å². The van der Waals surface area contributed by atoms with E-state index in [4.69, 9.17) is 5.73 Å². The van der Waals surface area contributed by atoms with Crippen LogP contribution >= 0.6 is 0 Å². The van der Waals surface area contributed by atoms with Crippen LogP contribution in [0.1, 0.15) is 22.9 Å². The number of aromatic amines is 1. The van der Waals surface area contributed by atoms with Gasteiger partial charge in [-0.05, 0) is 11.1 Å². The zero-order valence-corrected chi connectivity index (χ0v) is 10.3. The maximum atomic E-state index is 5.62. The smallest absolute Gasteiger partial charge is 0.239 e. The van der Waals surface area contributed by atoms with Gasteiger partial charge in [0.15, 0.2) is 0 Å². The molecule has 0 amide bonds. The van der Waals surface area contributed by atoms with Gasteiger partial charge < -0.3 is 5.73 Å². The molecule has 0 aliphatic rings. The summed E-state index contributed by atoms with van der Waals surface area (Å²) in [6.07, 6.45) is 0. The average molecular weight is 250 g/mol. The highest BCUT2D eigenvalue weighted by Gasteiger charge is 2.19. The van der Waals surface area contributed by atoms with Gasteiger partial charge in [0.1, 0.15) is 5.82 Å². The van der Waals surface area contributed by atoms with Crippen LogP contribution in [-0.4, -0.2) is 15.2 Å². The second-order valence-electron chi connectivity index (χ2n) is 4.33. The Balaban J connectivity index is 2.11. The zero-order chi connectivity index (χ0) is 13.1. The van der Waals surface area contributed by atoms with Crippen LogP contribution in [0.15, 0.2) is 60.7 Å². The number of nitrogens with two attached hydrogens (primary N) is 1. The van der Waals surface area contributed by atoms with Crippen molar-refractivity contribution in [2.75, 3.05) is 5.73 Å². The molecule has 3 rings (SSSR count). The number of anilines is 1. The highest BCUT2D eigenvalue weighted by Crippen LogP contribution is 2.29. The SMILES string of the molecule is Nc1n[nH]c(C(c2ccccc2)c2ccccc2)n1. The van der Waals surface area contributed by atoms with Crippen LogP contribution in [0.3, 0.4) is 0 Å². The van der Waals surface area contributed by atoms with E-state index in [-0.39, 0.29) is 11.9 Å². The fraction of sp³-hybridized carbons (Fsp3) is 0.0667. The molecular formula is C15H14N4. The van der Waals surface area contributed by atoms with Gasteiger partial charge in [0.25, 0.3) is 0 Å². The number of benzene rings is 2. The molecule has 94 valence electrons. The van der Waals surface area contributed by atoms with Gasteiger partial charge >= 0.3 is 0 Å². The van der Waals surface area contributed by atoms with Crippen LogP contribution in [0.4, 0.5) is 5.95 Å². The molecule has 0 aliphatic carbocycles. The van der Waals surface area contributed by atoms with Gasteiger partial charge in [-0.3, -0.25) is 5.10 Å². The third-order valence-corrected chi connectivity index (χ3v) is 3.06. The number of nitrogens with zero attached hydrogens (tertiary/aromatic N) is 2. The molecule has 0 fully saturated rings. The number of hydrogen-bond donors (Lipinski definition) is 2. The lowest BCUT2D eigenvalue weighted by atomic mass is 9.91. The zero-order valence-electron chi connectivity index (χ0n) is 10.3. The van der Waals surface area contributed by atoms with Crippen molar-refractivity contribution in [2.45, 2.75) is 5.92 Å². The van der Waals surface area contributed by atoms with Crippen LogP contribution in [0.25, 0.3) is 0 Å². The highest BCUT2D eigenvalue weighted by molar-refractivity contribution is 5.38. The summed E-state index contributed by atoms with van der Waals surface area (Å²) in [7, 11) is 0. The minimum atomic E-state index is 0.0206. The van der Waals surface area contributed by atoms with Gasteiger partial charge in [0, 0.05) is 0 Å². The lowest BCUT2D eigenvalue weighted by Crippen LogP contribution is -2.05. The number of nitrogens with one attached hydrogen (secondary N) is 1. The number of aromatic nitrogens is 3. The minimum absolute atomic E-state index is 0.0206. The Hall–Kier alpha value is -2.62. The molecule has 0 aliphatic heterocycles. The van der Waals surface area contributed by atoms with E-state index in [1.807, 2.05) is 36.4 Å². The molecular weight excluding hydrogens is 236 g/mol. The van der Waals surface area contributed by atoms with Crippen LogP contribution in [0.5, 0.6) is 0 Å². The summed E-state index contributed by atoms with van der Waals surface area (Å²) >= 11 is 0. The van der Waals surface area contributed by atoms with Gasteiger partial charge in [-0.15, -0.1) is 5.10 Å². The highest BCUT2D eigenvalue weighted by atomic mass is 15.3. The summed E-state index contributed by atoms with van der Waals surface area (Å²) in [4.78, 5) is 4.27. The first-order chi connectivity index (χ1) is 9.34. The molecule has 0 unspecified atom stereocenters. The summed E-state index contributed by atoms with van der Waals surface area (Å²) in [5, 5.41) is 6.85. The van der Waals surface area contributed by atoms with E-state index >= 15 is 0 Å². The monoisotopic (exact) mass is 250 g/mol. The van der Waals surface area contributed by atoms with Crippen molar-refractivity contribution in [3.8, 4) is 0 Å². The third-order valence-electron chi connectivity index (χ3n) is 3.06. The first-order valence-electron chi connectivity index (χ1n) is 6.12. The normalized spacial score (nSPS) is 10.8. The van der Waals surface area contributed by atoms with Crippen LogP contribution in [-0.2, 0) is 0 Å². The largest absolute Gasteiger partial charge is 0.367 e. The van der Waals surface area contributed by atoms with Crippen molar-refractivity contribution in [3.05, 3.63) is 77.6 Å². The van der Waals surface area contributed by atoms with E-state index in [1.165, 1.54) is 0 Å². The van der Waals surface area contributed by atoms with E-state index in [0.717, 1.165) is 17.0 Å². The van der Waals surface area contributed by atoms with E-state index in [1.54, 1.807) is 0 Å². The summed E-state index contributed by atoms with van der Waals surface area (Å²) in [6.45, 7) is 0. The molecule has 3 aromatic rings. The van der Waals surface area contributed by atoms with Crippen molar-refractivity contribution in [1.82, 2.24) is 15.2 Å². The third kappa shape index (κ3) is 2.33. The van der Waals surface area contributed by atoms with Crippen LogP contribution in [0.2, 0.25) is 0 Å². The Labute approximate surface area is 111 Å². The van der Waals surface area contributed by atoms with Crippen molar-refractivity contribution >= 4 is 5.95 Å². The number of nitrogen functional groups attached to an aromatic ring is 1. The Kier molecular flexibility index (Phi) is 2.98. The van der Waals surface area contributed by atoms with Gasteiger partial charge in [-0.25, -0.2) is 0 Å². The first kappa shape index (κ1) is 11.5.